The molecule has 0 aliphatic heterocycles. The summed E-state index contributed by atoms with van der Waals surface area (Å²) in [5.41, 5.74) is 0.166. The lowest BCUT2D eigenvalue weighted by Crippen LogP contribution is -2.23. The zero-order valence-corrected chi connectivity index (χ0v) is 18.9. The van der Waals surface area contributed by atoms with Gasteiger partial charge in [-0.3, -0.25) is 0 Å². The Morgan fingerprint density at radius 1 is 0.880 bits per heavy atom. The van der Waals surface area contributed by atoms with Crippen molar-refractivity contribution >= 4 is 90.5 Å². The van der Waals surface area contributed by atoms with E-state index < -0.39 is 11.9 Å². The molecule has 7 heteroatoms. The lowest BCUT2D eigenvalue weighted by atomic mass is 9.99. The van der Waals surface area contributed by atoms with Crippen LogP contribution in [0.15, 0.2) is 48.5 Å². The molecule has 0 aliphatic rings. The van der Waals surface area contributed by atoms with Crippen LogP contribution in [0.1, 0.15) is 20.7 Å². The Balaban J connectivity index is 2.11. The molecule has 0 amide bonds. The smallest absolute Gasteiger partial charge is 0.344 e. The van der Waals surface area contributed by atoms with Gasteiger partial charge in [0.1, 0.15) is 0 Å². The summed E-state index contributed by atoms with van der Waals surface area (Å²) in [7, 11) is 0. The normalized spacial score (nSPS) is 10.7. The van der Waals surface area contributed by atoms with Crippen LogP contribution in [0.3, 0.4) is 0 Å². The molecule has 0 radical (unpaired) electrons. The van der Waals surface area contributed by atoms with Gasteiger partial charge in [-0.15, -0.1) is 0 Å². The zero-order chi connectivity index (χ0) is 18.1. The Morgan fingerprint density at radius 3 is 2.00 bits per heavy atom. The average molecular weight is 669 g/mol. The fraction of sp³-hybridized carbons (Fsp3) is 0. The monoisotopic (exact) mass is 669 g/mol. The van der Waals surface area contributed by atoms with Crippen LogP contribution in [0.4, 0.5) is 0 Å². The zero-order valence-electron chi connectivity index (χ0n) is 12.4. The summed E-state index contributed by atoms with van der Waals surface area (Å²) < 4.78 is 8.24. The van der Waals surface area contributed by atoms with Gasteiger partial charge >= 0.3 is 5.97 Å². The molecule has 0 bridgehead atoms. The number of esters is 1. The number of carbonyl (C=O) groups excluding carboxylic acids is 2. The van der Waals surface area contributed by atoms with Crippen LogP contribution >= 0.6 is 67.8 Å². The minimum atomic E-state index is -1.33. The van der Waals surface area contributed by atoms with E-state index in [1.807, 2.05) is 12.1 Å². The number of halogens is 3. The van der Waals surface area contributed by atoms with Crippen molar-refractivity contribution in [3.8, 4) is 5.75 Å². The van der Waals surface area contributed by atoms with E-state index in [0.29, 0.717) is 16.5 Å². The van der Waals surface area contributed by atoms with Gasteiger partial charge in [0.15, 0.2) is 5.75 Å². The fourth-order valence-corrected chi connectivity index (χ4v) is 6.26. The third-order valence-corrected chi connectivity index (χ3v) is 5.73. The van der Waals surface area contributed by atoms with Crippen molar-refractivity contribution in [3.05, 3.63) is 70.4 Å². The average Bonchev–Trinajstić information content (AvgIpc) is 2.56. The van der Waals surface area contributed by atoms with Crippen molar-refractivity contribution in [2.75, 3.05) is 0 Å². The number of carboxylic acids is 1. The van der Waals surface area contributed by atoms with Crippen LogP contribution in [-0.2, 0) is 0 Å². The van der Waals surface area contributed by atoms with Gasteiger partial charge in [-0.05, 0) is 91.4 Å². The maximum absolute atomic E-state index is 12.7. The summed E-state index contributed by atoms with van der Waals surface area (Å²) in [5, 5.41) is 12.4. The molecule has 0 N–H and O–H groups in total. The highest BCUT2D eigenvalue weighted by Crippen LogP contribution is 2.31. The summed E-state index contributed by atoms with van der Waals surface area (Å²) in [4.78, 5) is 24.2. The topological polar surface area (TPSA) is 66.4 Å². The Kier molecular flexibility index (Phi) is 5.83. The van der Waals surface area contributed by atoms with Crippen LogP contribution < -0.4 is 9.84 Å². The van der Waals surface area contributed by atoms with Crippen LogP contribution in [0.25, 0.3) is 10.8 Å². The predicted octanol–water partition coefficient (Wildman–Crippen LogP) is 4.24. The highest BCUT2D eigenvalue weighted by Gasteiger charge is 2.18. The lowest BCUT2D eigenvalue weighted by Gasteiger charge is -2.13. The molecule has 3 aromatic carbocycles. The molecule has 3 aromatic rings. The molecule has 3 rings (SSSR count). The lowest BCUT2D eigenvalue weighted by molar-refractivity contribution is -0.254. The maximum atomic E-state index is 12.7. The van der Waals surface area contributed by atoms with Gasteiger partial charge < -0.3 is 14.6 Å². The van der Waals surface area contributed by atoms with E-state index in [2.05, 4.69) is 67.8 Å². The second-order valence-electron chi connectivity index (χ2n) is 5.08. The highest BCUT2D eigenvalue weighted by atomic mass is 127. The third kappa shape index (κ3) is 3.92. The number of hydrogen-bond donors (Lipinski definition) is 0. The third-order valence-electron chi connectivity index (χ3n) is 3.50. The van der Waals surface area contributed by atoms with Crippen molar-refractivity contribution < 1.29 is 19.4 Å². The number of rotatable bonds is 3. The first kappa shape index (κ1) is 18.8. The van der Waals surface area contributed by atoms with Gasteiger partial charge in [0, 0.05) is 14.5 Å². The van der Waals surface area contributed by atoms with Gasteiger partial charge in [-0.1, -0.05) is 30.3 Å². The highest BCUT2D eigenvalue weighted by molar-refractivity contribution is 14.1. The van der Waals surface area contributed by atoms with Crippen molar-refractivity contribution in [1.82, 2.24) is 0 Å². The van der Waals surface area contributed by atoms with Gasteiger partial charge in [0.2, 0.25) is 0 Å². The molecule has 0 aromatic heterocycles. The predicted molar refractivity (Wildman–Crippen MR) is 118 cm³/mol. The number of hydrogen-bond acceptors (Lipinski definition) is 4. The number of carbonyl (C=O) groups is 2. The molecule has 0 aliphatic carbocycles. The Hall–Kier alpha value is -0.950. The molecule has 0 heterocycles. The Morgan fingerprint density at radius 2 is 1.44 bits per heavy atom. The first-order valence-electron chi connectivity index (χ1n) is 6.98. The van der Waals surface area contributed by atoms with Crippen LogP contribution in [0, 0.1) is 10.7 Å². The maximum Gasteiger partial charge on any atom is 0.344 e. The summed E-state index contributed by atoms with van der Waals surface area (Å²) in [5.74, 6) is -1.46. The standard InChI is InChI=1S/C18H9I3O4/c19-10-7-13(20)16(14(21)8-10)25-18(24)12-6-2-4-9-3-1-5-11(15(9)12)17(22)23/h1-8H,(H,22,23)/p-1. The molecule has 4 nitrogen and oxygen atoms in total. The second-order valence-corrected chi connectivity index (χ2v) is 8.65. The molecular formula is C18H8I3O4-. The summed E-state index contributed by atoms with van der Waals surface area (Å²) in [6.45, 7) is 0. The molecule has 126 valence electrons. The van der Waals surface area contributed by atoms with E-state index in [9.17, 15) is 14.7 Å². The Labute approximate surface area is 184 Å². The first-order chi connectivity index (χ1) is 11.9. The number of carboxylic acid groups (broad SMARTS) is 1. The fourth-order valence-electron chi connectivity index (χ4n) is 2.46. The molecular weight excluding hydrogens is 661 g/mol. The SMILES string of the molecule is O=C([O-])c1cccc2cccc(C(=O)Oc3c(I)cc(I)cc3I)c12. The van der Waals surface area contributed by atoms with E-state index >= 15 is 0 Å². The van der Waals surface area contributed by atoms with Gasteiger partial charge in [-0.2, -0.15) is 0 Å². The molecule has 0 saturated heterocycles. The quantitative estimate of drug-likeness (QED) is 0.238. The number of benzene rings is 3. The van der Waals surface area contributed by atoms with E-state index in [4.69, 9.17) is 4.74 Å². The number of ether oxygens (including phenoxy) is 1. The molecule has 0 saturated carbocycles. The summed E-state index contributed by atoms with van der Waals surface area (Å²) >= 11 is 6.41. The summed E-state index contributed by atoms with van der Waals surface area (Å²) in [6, 6.07) is 13.6. The van der Waals surface area contributed by atoms with Crippen molar-refractivity contribution in [2.45, 2.75) is 0 Å². The van der Waals surface area contributed by atoms with E-state index in [-0.39, 0.29) is 11.1 Å². The molecule has 0 fully saturated rings. The minimum absolute atomic E-state index is 0.0305. The largest absolute Gasteiger partial charge is 0.545 e. The number of fused-ring (bicyclic) bond motifs is 1. The summed E-state index contributed by atoms with van der Waals surface area (Å²) in [6.07, 6.45) is 0. The van der Waals surface area contributed by atoms with E-state index in [0.717, 1.165) is 10.7 Å². The van der Waals surface area contributed by atoms with Gasteiger partial charge in [-0.25, -0.2) is 4.79 Å². The Bertz CT molecular complexity index is 986. The van der Waals surface area contributed by atoms with Crippen LogP contribution in [0.5, 0.6) is 5.75 Å². The van der Waals surface area contributed by atoms with Crippen molar-refractivity contribution in [1.29, 1.82) is 0 Å². The minimum Gasteiger partial charge on any atom is -0.545 e. The number of aromatic carboxylic acids is 1. The molecule has 0 spiro atoms. The second kappa shape index (κ2) is 7.74. The first-order valence-corrected chi connectivity index (χ1v) is 10.2. The van der Waals surface area contributed by atoms with Crippen molar-refractivity contribution in [2.24, 2.45) is 0 Å². The molecule has 0 atom stereocenters. The van der Waals surface area contributed by atoms with Crippen LogP contribution in [0.2, 0.25) is 0 Å². The van der Waals surface area contributed by atoms with E-state index in [1.165, 1.54) is 6.07 Å². The van der Waals surface area contributed by atoms with E-state index in [1.54, 1.807) is 30.3 Å². The van der Waals surface area contributed by atoms with Crippen LogP contribution in [-0.4, -0.2) is 11.9 Å². The molecule has 25 heavy (non-hydrogen) atoms. The van der Waals surface area contributed by atoms with Gasteiger partial charge in [0.05, 0.1) is 18.7 Å². The van der Waals surface area contributed by atoms with Gasteiger partial charge in [0.25, 0.3) is 0 Å². The van der Waals surface area contributed by atoms with Crippen molar-refractivity contribution in [3.63, 3.8) is 0 Å². The molecule has 0 unspecified atom stereocenters.